The number of tetrazole rings is 1. The van der Waals surface area contributed by atoms with Crippen molar-refractivity contribution >= 4 is 11.3 Å². The molecule has 0 fully saturated rings. The Hall–Kier alpha value is -2.12. The minimum atomic E-state index is -0.975. The molecular formula is C14H13N5OS. The molecule has 7 heteroatoms. The predicted molar refractivity (Wildman–Crippen MR) is 77.7 cm³/mol. The van der Waals surface area contributed by atoms with Crippen molar-refractivity contribution in [1.82, 2.24) is 25.6 Å². The lowest BCUT2D eigenvalue weighted by Gasteiger charge is -2.33. The average molecular weight is 299 g/mol. The molecule has 1 aliphatic carbocycles. The summed E-state index contributed by atoms with van der Waals surface area (Å²) in [4.78, 5) is 4.31. The van der Waals surface area contributed by atoms with Crippen molar-refractivity contribution in [1.29, 1.82) is 0 Å². The first-order valence-corrected chi connectivity index (χ1v) is 7.65. The molecule has 6 nitrogen and oxygen atoms in total. The molecular weight excluding hydrogens is 286 g/mol. The molecule has 0 bridgehead atoms. The molecule has 0 aliphatic heterocycles. The summed E-state index contributed by atoms with van der Waals surface area (Å²) in [6.07, 6.45) is 4.31. The van der Waals surface area contributed by atoms with E-state index < -0.39 is 5.60 Å². The molecule has 1 atom stereocenters. The third-order valence-electron chi connectivity index (χ3n) is 3.93. The van der Waals surface area contributed by atoms with Gasteiger partial charge in [0.05, 0.1) is 0 Å². The Morgan fingerprint density at radius 2 is 2.29 bits per heavy atom. The van der Waals surface area contributed by atoms with E-state index in [9.17, 15) is 5.11 Å². The maximum Gasteiger partial charge on any atom is 0.204 e. The van der Waals surface area contributed by atoms with Gasteiger partial charge in [0.2, 0.25) is 5.82 Å². The summed E-state index contributed by atoms with van der Waals surface area (Å²) in [6, 6.07) is 5.92. The van der Waals surface area contributed by atoms with Crippen molar-refractivity contribution < 1.29 is 5.11 Å². The van der Waals surface area contributed by atoms with E-state index in [1.807, 2.05) is 23.6 Å². The number of rotatable bonds is 2. The van der Waals surface area contributed by atoms with Crippen molar-refractivity contribution in [2.45, 2.75) is 24.9 Å². The molecule has 3 aromatic rings. The first-order valence-electron chi connectivity index (χ1n) is 6.77. The topological polar surface area (TPSA) is 87.6 Å². The van der Waals surface area contributed by atoms with Crippen LogP contribution in [0.4, 0.5) is 0 Å². The largest absolute Gasteiger partial charge is 0.378 e. The molecule has 2 N–H and O–H groups in total. The summed E-state index contributed by atoms with van der Waals surface area (Å²) in [6.45, 7) is 0. The van der Waals surface area contributed by atoms with Gasteiger partial charge < -0.3 is 5.11 Å². The molecule has 1 aliphatic rings. The van der Waals surface area contributed by atoms with Gasteiger partial charge in [0.25, 0.3) is 0 Å². The third kappa shape index (κ3) is 1.97. The SMILES string of the molecule is OC1(c2nccs2)CCCc2cc(-c3nn[nH]n3)ccc21. The number of hydrogen-bond acceptors (Lipinski definition) is 6. The third-order valence-corrected chi connectivity index (χ3v) is 4.85. The molecule has 0 radical (unpaired) electrons. The van der Waals surface area contributed by atoms with E-state index in [0.29, 0.717) is 12.2 Å². The molecule has 0 saturated heterocycles. The number of H-pyrrole nitrogens is 1. The van der Waals surface area contributed by atoms with Gasteiger partial charge in [0.1, 0.15) is 10.6 Å². The van der Waals surface area contributed by atoms with Crippen LogP contribution in [0, 0.1) is 0 Å². The number of nitrogens with zero attached hydrogens (tertiary/aromatic N) is 4. The van der Waals surface area contributed by atoms with Crippen LogP contribution >= 0.6 is 11.3 Å². The lowest BCUT2D eigenvalue weighted by atomic mass is 9.79. The van der Waals surface area contributed by atoms with Crippen molar-refractivity contribution in [3.63, 3.8) is 0 Å². The monoisotopic (exact) mass is 299 g/mol. The fourth-order valence-electron chi connectivity index (χ4n) is 2.95. The number of fused-ring (bicyclic) bond motifs is 1. The van der Waals surface area contributed by atoms with Crippen LogP contribution < -0.4 is 0 Å². The standard InChI is InChI=1S/C14H13N5OS/c20-14(13-15-6-7-21-13)5-1-2-9-8-10(3-4-11(9)14)12-16-18-19-17-12/h3-4,6-8,20H,1-2,5H2,(H,16,17,18,19). The zero-order valence-electron chi connectivity index (χ0n) is 11.2. The summed E-state index contributed by atoms with van der Waals surface area (Å²) in [5.41, 5.74) is 2.00. The summed E-state index contributed by atoms with van der Waals surface area (Å²) in [5.74, 6) is 0.571. The molecule has 0 amide bonds. The highest BCUT2D eigenvalue weighted by atomic mass is 32.1. The normalized spacial score (nSPS) is 21.2. The highest BCUT2D eigenvalue weighted by Crippen LogP contribution is 2.42. The smallest absolute Gasteiger partial charge is 0.204 e. The second kappa shape index (κ2) is 4.71. The van der Waals surface area contributed by atoms with E-state index >= 15 is 0 Å². The molecule has 2 aromatic heterocycles. The zero-order valence-corrected chi connectivity index (χ0v) is 12.0. The second-order valence-electron chi connectivity index (χ2n) is 5.16. The van der Waals surface area contributed by atoms with E-state index in [0.717, 1.165) is 34.5 Å². The molecule has 0 saturated carbocycles. The molecule has 21 heavy (non-hydrogen) atoms. The van der Waals surface area contributed by atoms with Gasteiger partial charge in [-0.25, -0.2) is 4.98 Å². The second-order valence-corrected chi connectivity index (χ2v) is 6.05. The van der Waals surface area contributed by atoms with Gasteiger partial charge in [-0.3, -0.25) is 0 Å². The maximum atomic E-state index is 11.1. The van der Waals surface area contributed by atoms with Gasteiger partial charge in [0, 0.05) is 17.1 Å². The zero-order chi connectivity index (χ0) is 14.3. The van der Waals surface area contributed by atoms with Crippen molar-refractivity contribution in [2.24, 2.45) is 0 Å². The Labute approximate surface area is 124 Å². The van der Waals surface area contributed by atoms with Gasteiger partial charge in [-0.1, -0.05) is 12.1 Å². The first kappa shape index (κ1) is 12.6. The molecule has 106 valence electrons. The fourth-order valence-corrected chi connectivity index (χ4v) is 3.73. The maximum absolute atomic E-state index is 11.1. The quantitative estimate of drug-likeness (QED) is 0.754. The van der Waals surface area contributed by atoms with Gasteiger partial charge in [-0.15, -0.1) is 21.5 Å². The number of aromatic nitrogens is 5. The Kier molecular flexibility index (Phi) is 2.83. The van der Waals surface area contributed by atoms with Crippen LogP contribution in [0.2, 0.25) is 0 Å². The molecule has 2 heterocycles. The van der Waals surface area contributed by atoms with Crippen LogP contribution in [0.25, 0.3) is 11.4 Å². The summed E-state index contributed by atoms with van der Waals surface area (Å²) in [7, 11) is 0. The van der Waals surface area contributed by atoms with Gasteiger partial charge in [-0.05, 0) is 41.7 Å². The Balaban J connectivity index is 1.83. The van der Waals surface area contributed by atoms with Gasteiger partial charge in [-0.2, -0.15) is 5.21 Å². The number of nitrogens with one attached hydrogen (secondary N) is 1. The average Bonchev–Trinajstić information content (AvgIpc) is 3.21. The van der Waals surface area contributed by atoms with Crippen LogP contribution in [0.15, 0.2) is 29.8 Å². The van der Waals surface area contributed by atoms with Gasteiger partial charge in [0.15, 0.2) is 0 Å². The highest BCUT2D eigenvalue weighted by Gasteiger charge is 2.38. The highest BCUT2D eigenvalue weighted by molar-refractivity contribution is 7.09. The molecule has 4 rings (SSSR count). The van der Waals surface area contributed by atoms with Crippen molar-refractivity contribution in [3.05, 3.63) is 45.9 Å². The van der Waals surface area contributed by atoms with E-state index in [2.05, 4.69) is 25.6 Å². The molecule has 0 spiro atoms. The first-order chi connectivity index (χ1) is 10.3. The van der Waals surface area contributed by atoms with E-state index in [-0.39, 0.29) is 0 Å². The Bertz CT molecular complexity index is 756. The van der Waals surface area contributed by atoms with E-state index in [1.54, 1.807) is 6.20 Å². The number of thiazole rings is 1. The lowest BCUT2D eigenvalue weighted by molar-refractivity contribution is 0.0613. The van der Waals surface area contributed by atoms with Crippen LogP contribution in [0.5, 0.6) is 0 Å². The van der Waals surface area contributed by atoms with Crippen molar-refractivity contribution in [3.8, 4) is 11.4 Å². The van der Waals surface area contributed by atoms with E-state index in [1.165, 1.54) is 11.3 Å². The Morgan fingerprint density at radius 1 is 1.33 bits per heavy atom. The number of aliphatic hydroxyl groups is 1. The number of aryl methyl sites for hydroxylation is 1. The van der Waals surface area contributed by atoms with E-state index in [4.69, 9.17) is 0 Å². The van der Waals surface area contributed by atoms with Crippen molar-refractivity contribution in [2.75, 3.05) is 0 Å². The number of aromatic amines is 1. The fraction of sp³-hybridized carbons (Fsp3) is 0.286. The molecule has 1 aromatic carbocycles. The summed E-state index contributed by atoms with van der Waals surface area (Å²) in [5, 5.41) is 27.8. The Morgan fingerprint density at radius 3 is 3.05 bits per heavy atom. The predicted octanol–water partition coefficient (Wildman–Crippen LogP) is 1.90. The number of benzene rings is 1. The van der Waals surface area contributed by atoms with Crippen LogP contribution in [0.1, 0.15) is 29.0 Å². The van der Waals surface area contributed by atoms with Gasteiger partial charge >= 0.3 is 0 Å². The van der Waals surface area contributed by atoms with Crippen LogP contribution in [-0.2, 0) is 12.0 Å². The minimum absolute atomic E-state index is 0.571. The molecule has 1 unspecified atom stereocenters. The summed E-state index contributed by atoms with van der Waals surface area (Å²) >= 11 is 1.49. The van der Waals surface area contributed by atoms with Crippen LogP contribution in [-0.4, -0.2) is 30.7 Å². The van der Waals surface area contributed by atoms with Crippen LogP contribution in [0.3, 0.4) is 0 Å². The lowest BCUT2D eigenvalue weighted by Crippen LogP contribution is -2.31. The minimum Gasteiger partial charge on any atom is -0.378 e. The number of hydrogen-bond donors (Lipinski definition) is 2. The summed E-state index contributed by atoms with van der Waals surface area (Å²) < 4.78 is 0.